The van der Waals surface area contributed by atoms with E-state index in [-0.39, 0.29) is 16.3 Å². The number of hydrogen-bond donors (Lipinski definition) is 1. The molecule has 29 heavy (non-hydrogen) atoms. The lowest BCUT2D eigenvalue weighted by molar-refractivity contribution is -0.112. The molecule has 2 aromatic heterocycles. The Balaban J connectivity index is 1.73. The number of carbonyl (C=O) groups is 2. The number of rotatable bonds is 6. The first-order valence-electron chi connectivity index (χ1n) is 7.86. The summed E-state index contributed by atoms with van der Waals surface area (Å²) in [4.78, 5) is 28.9. The van der Waals surface area contributed by atoms with Crippen molar-refractivity contribution >= 4 is 69.3 Å². The van der Waals surface area contributed by atoms with Crippen molar-refractivity contribution in [3.8, 4) is 11.8 Å². The van der Waals surface area contributed by atoms with E-state index in [2.05, 4.69) is 14.7 Å². The number of nitrogens with one attached hydrogen (secondary N) is 1. The van der Waals surface area contributed by atoms with Crippen LogP contribution in [0, 0.1) is 11.3 Å². The summed E-state index contributed by atoms with van der Waals surface area (Å²) < 4.78 is 9.31. The summed E-state index contributed by atoms with van der Waals surface area (Å²) in [7, 11) is 0. The van der Waals surface area contributed by atoms with E-state index in [9.17, 15) is 14.9 Å². The van der Waals surface area contributed by atoms with Gasteiger partial charge in [0, 0.05) is 11.5 Å². The van der Waals surface area contributed by atoms with E-state index in [1.807, 2.05) is 12.3 Å². The molecule has 0 aliphatic heterocycles. The van der Waals surface area contributed by atoms with Crippen LogP contribution in [0.2, 0.25) is 5.02 Å². The Kier molecular flexibility index (Phi) is 7.00. The highest BCUT2D eigenvalue weighted by Gasteiger charge is 2.15. The average molecular weight is 463 g/mol. The van der Waals surface area contributed by atoms with Crippen molar-refractivity contribution in [2.75, 3.05) is 11.6 Å². The third-order valence-electron chi connectivity index (χ3n) is 3.37. The zero-order valence-corrected chi connectivity index (χ0v) is 17.9. The number of carbonyl (C=O) groups excluding carboxylic acids is 2. The maximum Gasteiger partial charge on any atom is 0.353 e. The molecular formula is C18H11ClN4O3S3. The van der Waals surface area contributed by atoms with Gasteiger partial charge in [-0.1, -0.05) is 35.5 Å². The Bertz CT molecular complexity index is 1120. The van der Waals surface area contributed by atoms with Crippen LogP contribution in [0.1, 0.15) is 15.2 Å². The first kappa shape index (κ1) is 21.0. The number of aromatic nitrogens is 2. The van der Waals surface area contributed by atoms with Gasteiger partial charge in [-0.15, -0.1) is 11.3 Å². The monoisotopic (exact) mass is 462 g/mol. The molecule has 0 saturated carbocycles. The molecule has 146 valence electrons. The minimum absolute atomic E-state index is 0.134. The summed E-state index contributed by atoms with van der Waals surface area (Å²) in [5, 5.41) is 14.6. The van der Waals surface area contributed by atoms with Crippen molar-refractivity contribution in [2.24, 2.45) is 0 Å². The fourth-order valence-corrected chi connectivity index (χ4v) is 4.01. The van der Waals surface area contributed by atoms with E-state index < -0.39 is 11.9 Å². The van der Waals surface area contributed by atoms with Crippen LogP contribution in [0.5, 0.6) is 5.75 Å². The number of anilines is 1. The summed E-state index contributed by atoms with van der Waals surface area (Å²) in [6, 6.07) is 9.83. The number of thiophene rings is 1. The van der Waals surface area contributed by atoms with Crippen LogP contribution in [-0.4, -0.2) is 27.5 Å². The van der Waals surface area contributed by atoms with Gasteiger partial charge >= 0.3 is 5.97 Å². The van der Waals surface area contributed by atoms with Crippen LogP contribution in [0.3, 0.4) is 0 Å². The Morgan fingerprint density at radius 3 is 2.83 bits per heavy atom. The van der Waals surface area contributed by atoms with Crippen LogP contribution in [0.25, 0.3) is 6.08 Å². The second-order valence-electron chi connectivity index (χ2n) is 5.27. The molecule has 0 fully saturated rings. The molecule has 0 unspecified atom stereocenters. The van der Waals surface area contributed by atoms with Crippen LogP contribution >= 0.6 is 46.2 Å². The van der Waals surface area contributed by atoms with Crippen molar-refractivity contribution < 1.29 is 14.3 Å². The summed E-state index contributed by atoms with van der Waals surface area (Å²) in [5.41, 5.74) is 0.366. The van der Waals surface area contributed by atoms with Crippen molar-refractivity contribution in [1.82, 2.24) is 9.36 Å². The van der Waals surface area contributed by atoms with Gasteiger partial charge in [0.2, 0.25) is 10.3 Å². The second kappa shape index (κ2) is 9.67. The van der Waals surface area contributed by atoms with E-state index in [1.54, 1.807) is 23.6 Å². The molecule has 1 N–H and O–H groups in total. The van der Waals surface area contributed by atoms with Gasteiger partial charge in [-0.05, 0) is 41.5 Å². The molecule has 3 rings (SSSR count). The number of nitriles is 1. The molecule has 0 atom stereocenters. The lowest BCUT2D eigenvalue weighted by atomic mass is 10.1. The Morgan fingerprint density at radius 1 is 1.38 bits per heavy atom. The largest absolute Gasteiger partial charge is 0.421 e. The highest BCUT2D eigenvalue weighted by molar-refractivity contribution is 7.98. The topological polar surface area (TPSA) is 105 Å². The zero-order chi connectivity index (χ0) is 20.8. The third kappa shape index (κ3) is 5.42. The first-order chi connectivity index (χ1) is 14.0. The van der Waals surface area contributed by atoms with Gasteiger partial charge in [-0.2, -0.15) is 14.6 Å². The van der Waals surface area contributed by atoms with Gasteiger partial charge < -0.3 is 4.74 Å². The molecule has 3 aromatic rings. The normalized spacial score (nSPS) is 11.0. The molecule has 0 aliphatic carbocycles. The first-order valence-corrected chi connectivity index (χ1v) is 11.1. The molecule has 7 nitrogen and oxygen atoms in total. The van der Waals surface area contributed by atoms with Gasteiger partial charge in [0.1, 0.15) is 22.3 Å². The van der Waals surface area contributed by atoms with Crippen LogP contribution in [0.15, 0.2) is 46.4 Å². The third-order valence-corrected chi connectivity index (χ3v) is 5.81. The van der Waals surface area contributed by atoms with E-state index in [1.165, 1.54) is 41.3 Å². The molecule has 0 bridgehead atoms. The SMILES string of the molecule is CSc1nsc(NC(=O)C(C#N)=Cc2ccc(OC(=O)c3cccs3)c(Cl)c2)n1. The molecular weight excluding hydrogens is 452 g/mol. The number of ether oxygens (including phenoxy) is 1. The molecule has 0 spiro atoms. The molecule has 1 aromatic carbocycles. The highest BCUT2D eigenvalue weighted by Crippen LogP contribution is 2.28. The quantitative estimate of drug-likeness (QED) is 0.185. The van der Waals surface area contributed by atoms with Gasteiger partial charge in [0.25, 0.3) is 5.91 Å². The number of thioether (sulfide) groups is 1. The number of halogens is 1. The molecule has 11 heteroatoms. The lowest BCUT2D eigenvalue weighted by Crippen LogP contribution is -2.13. The minimum atomic E-state index is -0.611. The van der Waals surface area contributed by atoms with E-state index in [0.29, 0.717) is 20.7 Å². The van der Waals surface area contributed by atoms with Crippen LogP contribution < -0.4 is 10.1 Å². The van der Waals surface area contributed by atoms with Crippen LogP contribution in [0.4, 0.5) is 5.13 Å². The van der Waals surface area contributed by atoms with Gasteiger partial charge in [-0.25, -0.2) is 4.79 Å². The maximum absolute atomic E-state index is 12.3. The number of hydrogen-bond acceptors (Lipinski definition) is 9. The predicted molar refractivity (Wildman–Crippen MR) is 115 cm³/mol. The number of amides is 1. The van der Waals surface area contributed by atoms with Crippen molar-refractivity contribution in [1.29, 1.82) is 5.26 Å². The maximum atomic E-state index is 12.3. The number of benzene rings is 1. The fourth-order valence-electron chi connectivity index (χ4n) is 2.06. The molecule has 2 heterocycles. The fraction of sp³-hybridized carbons (Fsp3) is 0.0556. The smallest absolute Gasteiger partial charge is 0.353 e. The van der Waals surface area contributed by atoms with Crippen molar-refractivity contribution in [3.63, 3.8) is 0 Å². The van der Waals surface area contributed by atoms with Gasteiger partial charge in [-0.3, -0.25) is 10.1 Å². The summed E-state index contributed by atoms with van der Waals surface area (Å²) >= 11 is 9.82. The zero-order valence-electron chi connectivity index (χ0n) is 14.7. The van der Waals surface area contributed by atoms with E-state index in [0.717, 1.165) is 11.5 Å². The Morgan fingerprint density at radius 2 is 2.21 bits per heavy atom. The van der Waals surface area contributed by atoms with Gasteiger partial charge in [0.15, 0.2) is 0 Å². The summed E-state index contributed by atoms with van der Waals surface area (Å²) in [6.07, 6.45) is 3.20. The highest BCUT2D eigenvalue weighted by atomic mass is 35.5. The summed E-state index contributed by atoms with van der Waals surface area (Å²) in [6.45, 7) is 0. The summed E-state index contributed by atoms with van der Waals surface area (Å²) in [5.74, 6) is -0.937. The molecule has 0 aliphatic rings. The number of esters is 1. The molecule has 0 saturated heterocycles. The standard InChI is InChI=1S/C18H11ClN4O3S3/c1-27-18-22-17(29-23-18)21-15(24)11(9-20)7-10-4-5-13(12(19)8-10)26-16(25)14-3-2-6-28-14/h2-8H,1H3,(H,21,22,23,24). The molecule has 0 radical (unpaired) electrons. The predicted octanol–water partition coefficient (Wildman–Crippen LogP) is 4.74. The van der Waals surface area contributed by atoms with Crippen LogP contribution in [-0.2, 0) is 4.79 Å². The van der Waals surface area contributed by atoms with Crippen molar-refractivity contribution in [3.05, 3.63) is 56.7 Å². The average Bonchev–Trinajstić information content (AvgIpc) is 3.40. The Hall–Kier alpha value is -2.71. The Labute approximate surface area is 183 Å². The van der Waals surface area contributed by atoms with Crippen molar-refractivity contribution in [2.45, 2.75) is 5.16 Å². The minimum Gasteiger partial charge on any atom is -0.421 e. The number of nitrogens with zero attached hydrogens (tertiary/aromatic N) is 3. The van der Waals surface area contributed by atoms with E-state index >= 15 is 0 Å². The second-order valence-corrected chi connectivity index (χ2v) is 8.15. The van der Waals surface area contributed by atoms with Gasteiger partial charge in [0.05, 0.1) is 5.02 Å². The lowest BCUT2D eigenvalue weighted by Gasteiger charge is -2.06. The molecule has 1 amide bonds. The van der Waals surface area contributed by atoms with E-state index in [4.69, 9.17) is 16.3 Å².